The Kier molecular flexibility index (Phi) is 4.94. The molecule has 6 heteroatoms. The highest BCUT2D eigenvalue weighted by atomic mass is 32.1. The van der Waals surface area contributed by atoms with Crippen molar-refractivity contribution in [2.24, 2.45) is 5.92 Å². The molecule has 1 amide bonds. The fourth-order valence-electron chi connectivity index (χ4n) is 1.60. The highest BCUT2D eigenvalue weighted by Gasteiger charge is 2.26. The summed E-state index contributed by atoms with van der Waals surface area (Å²) in [5.74, 6) is -0.463. The highest BCUT2D eigenvalue weighted by molar-refractivity contribution is 7.19. The van der Waals surface area contributed by atoms with E-state index in [4.69, 9.17) is 5.73 Å². The van der Waals surface area contributed by atoms with Crippen LogP contribution in [-0.2, 0) is 0 Å². The molecule has 19 heavy (non-hydrogen) atoms. The maximum atomic E-state index is 12.1. The molecule has 0 aliphatic heterocycles. The van der Waals surface area contributed by atoms with Crippen molar-refractivity contribution in [3.8, 4) is 0 Å². The fraction of sp³-hybridized carbons (Fsp3) is 0.538. The zero-order chi connectivity index (χ0) is 14.7. The van der Waals surface area contributed by atoms with Crippen LogP contribution in [0.15, 0.2) is 0 Å². The van der Waals surface area contributed by atoms with Crippen LogP contribution in [0.2, 0.25) is 0 Å². The molecule has 0 radical (unpaired) electrons. The Morgan fingerprint density at radius 1 is 1.21 bits per heavy atom. The van der Waals surface area contributed by atoms with Crippen LogP contribution in [0.25, 0.3) is 0 Å². The topological polar surface area (TPSA) is 84.2 Å². The van der Waals surface area contributed by atoms with Crippen molar-refractivity contribution in [2.45, 2.75) is 33.7 Å². The molecule has 0 unspecified atom stereocenters. The number of hydrogen-bond acceptors (Lipinski definition) is 5. The lowest BCUT2D eigenvalue weighted by molar-refractivity contribution is 0.0944. The second kappa shape index (κ2) is 6.06. The van der Waals surface area contributed by atoms with E-state index in [1.807, 2.05) is 27.7 Å². The van der Waals surface area contributed by atoms with Gasteiger partial charge in [-0.25, -0.2) is 0 Å². The first-order chi connectivity index (χ1) is 8.79. The van der Waals surface area contributed by atoms with E-state index in [1.165, 1.54) is 11.3 Å². The van der Waals surface area contributed by atoms with E-state index in [1.54, 1.807) is 7.05 Å². The lowest BCUT2D eigenvalue weighted by Crippen LogP contribution is -2.21. The van der Waals surface area contributed by atoms with Crippen molar-refractivity contribution in [3.63, 3.8) is 0 Å². The SMILES string of the molecule is CNC(=O)c1c(NC(C)C)sc(C(=O)C(C)C)c1N. The van der Waals surface area contributed by atoms with E-state index >= 15 is 0 Å². The number of thiophene rings is 1. The summed E-state index contributed by atoms with van der Waals surface area (Å²) >= 11 is 1.25. The number of rotatable bonds is 5. The smallest absolute Gasteiger partial charge is 0.256 e. The monoisotopic (exact) mass is 283 g/mol. The Bertz CT molecular complexity index is 492. The molecule has 1 heterocycles. The first-order valence-electron chi connectivity index (χ1n) is 6.24. The summed E-state index contributed by atoms with van der Waals surface area (Å²) in [6.07, 6.45) is 0. The maximum Gasteiger partial charge on any atom is 0.256 e. The molecule has 5 nitrogen and oxygen atoms in total. The Morgan fingerprint density at radius 3 is 2.21 bits per heavy atom. The standard InChI is InChI=1S/C13H21N3O2S/c1-6(2)10(17)11-9(14)8(12(18)15-5)13(19-11)16-7(3)4/h6-7,16H,14H2,1-5H3,(H,15,18). The molecule has 0 saturated heterocycles. The number of hydrogen-bond donors (Lipinski definition) is 3. The van der Waals surface area contributed by atoms with E-state index in [9.17, 15) is 9.59 Å². The molecule has 1 aromatic rings. The van der Waals surface area contributed by atoms with Crippen molar-refractivity contribution in [1.29, 1.82) is 0 Å². The van der Waals surface area contributed by atoms with Crippen LogP contribution in [0.4, 0.5) is 10.7 Å². The van der Waals surface area contributed by atoms with E-state index < -0.39 is 0 Å². The Morgan fingerprint density at radius 2 is 1.79 bits per heavy atom. The second-order valence-electron chi connectivity index (χ2n) is 4.95. The molecule has 0 bridgehead atoms. The van der Waals surface area contributed by atoms with Crippen molar-refractivity contribution in [1.82, 2.24) is 5.32 Å². The number of amides is 1. The van der Waals surface area contributed by atoms with Gasteiger partial charge in [0.05, 0.1) is 16.1 Å². The first kappa shape index (κ1) is 15.5. The second-order valence-corrected chi connectivity index (χ2v) is 5.97. The predicted molar refractivity (Wildman–Crippen MR) is 80.0 cm³/mol. The molecule has 0 aliphatic rings. The minimum atomic E-state index is -0.278. The van der Waals surface area contributed by atoms with Gasteiger partial charge >= 0.3 is 0 Å². The molecule has 0 atom stereocenters. The van der Waals surface area contributed by atoms with Gasteiger partial charge in [0.1, 0.15) is 5.00 Å². The predicted octanol–water partition coefficient (Wildman–Crippen LogP) is 2.35. The summed E-state index contributed by atoms with van der Waals surface area (Å²) < 4.78 is 0. The first-order valence-corrected chi connectivity index (χ1v) is 7.06. The largest absolute Gasteiger partial charge is 0.397 e. The summed E-state index contributed by atoms with van der Waals surface area (Å²) in [7, 11) is 1.54. The molecule has 0 saturated carbocycles. The van der Waals surface area contributed by atoms with Gasteiger partial charge in [0.15, 0.2) is 5.78 Å². The van der Waals surface area contributed by atoms with Crippen LogP contribution < -0.4 is 16.4 Å². The fourth-order valence-corrected chi connectivity index (χ4v) is 2.96. The molecule has 4 N–H and O–H groups in total. The Labute approximate surface area is 117 Å². The van der Waals surface area contributed by atoms with Crippen molar-refractivity contribution < 1.29 is 9.59 Å². The van der Waals surface area contributed by atoms with Crippen LogP contribution in [0.3, 0.4) is 0 Å². The highest BCUT2D eigenvalue weighted by Crippen LogP contribution is 2.37. The zero-order valence-electron chi connectivity index (χ0n) is 12.0. The molecule has 0 spiro atoms. The lowest BCUT2D eigenvalue weighted by atomic mass is 10.1. The maximum absolute atomic E-state index is 12.1. The van der Waals surface area contributed by atoms with Crippen LogP contribution >= 0.6 is 11.3 Å². The molecular weight excluding hydrogens is 262 g/mol. The third-order valence-electron chi connectivity index (χ3n) is 2.57. The summed E-state index contributed by atoms with van der Waals surface area (Å²) in [6.45, 7) is 7.56. The van der Waals surface area contributed by atoms with E-state index in [0.717, 1.165) is 0 Å². The summed E-state index contributed by atoms with van der Waals surface area (Å²) in [4.78, 5) is 24.5. The van der Waals surface area contributed by atoms with Crippen molar-refractivity contribution >= 4 is 33.7 Å². The van der Waals surface area contributed by atoms with Crippen LogP contribution in [0, 0.1) is 5.92 Å². The minimum Gasteiger partial charge on any atom is -0.397 e. The van der Waals surface area contributed by atoms with E-state index in [0.29, 0.717) is 15.4 Å². The number of nitrogens with two attached hydrogens (primary N) is 1. The van der Waals surface area contributed by atoms with Crippen LogP contribution in [0.5, 0.6) is 0 Å². The molecule has 106 valence electrons. The quantitative estimate of drug-likeness (QED) is 0.724. The molecule has 1 rings (SSSR count). The number of ketones is 1. The number of nitrogen functional groups attached to an aromatic ring is 1. The van der Waals surface area contributed by atoms with E-state index in [2.05, 4.69) is 10.6 Å². The van der Waals surface area contributed by atoms with Crippen LogP contribution in [-0.4, -0.2) is 24.8 Å². The number of carbonyl (C=O) groups is 2. The van der Waals surface area contributed by atoms with Gasteiger partial charge in [-0.3, -0.25) is 9.59 Å². The Hall–Kier alpha value is -1.56. The normalized spacial score (nSPS) is 10.9. The van der Waals surface area contributed by atoms with E-state index in [-0.39, 0.29) is 29.3 Å². The molecule has 0 fully saturated rings. The molecule has 0 aromatic carbocycles. The van der Waals surface area contributed by atoms with Gasteiger partial charge in [-0.05, 0) is 13.8 Å². The summed E-state index contributed by atoms with van der Waals surface area (Å²) in [6, 6.07) is 0.156. The third-order valence-corrected chi connectivity index (χ3v) is 3.72. The van der Waals surface area contributed by atoms with Crippen LogP contribution in [0.1, 0.15) is 47.7 Å². The third kappa shape index (κ3) is 3.26. The number of carbonyl (C=O) groups excluding carboxylic acids is 2. The minimum absolute atomic E-state index is 0.0375. The van der Waals surface area contributed by atoms with Crippen molar-refractivity contribution in [3.05, 3.63) is 10.4 Å². The Balaban J connectivity index is 3.34. The summed E-state index contributed by atoms with van der Waals surface area (Å²) in [5, 5.41) is 6.37. The average molecular weight is 283 g/mol. The van der Waals surface area contributed by atoms with Gasteiger partial charge < -0.3 is 16.4 Å². The lowest BCUT2D eigenvalue weighted by Gasteiger charge is -2.09. The van der Waals surface area contributed by atoms with Gasteiger partial charge in [0, 0.05) is 19.0 Å². The van der Waals surface area contributed by atoms with Gasteiger partial charge in [0.2, 0.25) is 0 Å². The number of nitrogens with one attached hydrogen (secondary N) is 2. The molecular formula is C13H21N3O2S. The molecule has 1 aromatic heterocycles. The van der Waals surface area contributed by atoms with Gasteiger partial charge in [0.25, 0.3) is 5.91 Å². The average Bonchev–Trinajstić information content (AvgIpc) is 2.63. The van der Waals surface area contributed by atoms with Gasteiger partial charge in [-0.1, -0.05) is 13.8 Å². The van der Waals surface area contributed by atoms with Crippen molar-refractivity contribution in [2.75, 3.05) is 18.1 Å². The zero-order valence-corrected chi connectivity index (χ0v) is 12.8. The number of anilines is 2. The van der Waals surface area contributed by atoms with Gasteiger partial charge in [-0.15, -0.1) is 11.3 Å². The summed E-state index contributed by atoms with van der Waals surface area (Å²) in [5.41, 5.74) is 6.62. The van der Waals surface area contributed by atoms with Gasteiger partial charge in [-0.2, -0.15) is 0 Å². The number of Topliss-reactive ketones (excluding diaryl/α,β-unsaturated/α-hetero) is 1. The molecule has 0 aliphatic carbocycles.